The molecule has 0 aliphatic carbocycles. The van der Waals surface area contributed by atoms with E-state index in [1.165, 1.54) is 26.2 Å². The van der Waals surface area contributed by atoms with Crippen molar-refractivity contribution in [3.63, 3.8) is 0 Å². The summed E-state index contributed by atoms with van der Waals surface area (Å²) >= 11 is 0. The van der Waals surface area contributed by atoms with Crippen molar-refractivity contribution in [2.75, 3.05) is 33.1 Å². The Bertz CT molecular complexity index is 709. The highest BCUT2D eigenvalue weighted by atomic mass is 32.2. The molecule has 0 bridgehead atoms. The summed E-state index contributed by atoms with van der Waals surface area (Å²) in [7, 11) is -0.557. The van der Waals surface area contributed by atoms with Gasteiger partial charge >= 0.3 is 0 Å². The Morgan fingerprint density at radius 3 is 2.71 bits per heavy atom. The molecule has 1 saturated heterocycles. The predicted octanol–water partition coefficient (Wildman–Crippen LogP) is 0.530. The van der Waals surface area contributed by atoms with Crippen LogP contribution < -0.4 is 5.32 Å². The number of hydrogen-bond acceptors (Lipinski definition) is 4. The van der Waals surface area contributed by atoms with Gasteiger partial charge in [-0.3, -0.25) is 4.79 Å². The monoisotopic (exact) mass is 362 g/mol. The zero-order valence-corrected chi connectivity index (χ0v) is 14.3. The molecule has 24 heavy (non-hydrogen) atoms. The van der Waals surface area contributed by atoms with E-state index in [1.807, 2.05) is 0 Å². The van der Waals surface area contributed by atoms with Crippen molar-refractivity contribution in [3.05, 3.63) is 35.4 Å². The van der Waals surface area contributed by atoms with Crippen LogP contribution in [0.4, 0.5) is 8.78 Å². The number of carbonyl (C=O) groups is 1. The number of benzene rings is 1. The average Bonchev–Trinajstić information content (AvgIpc) is 2.90. The number of amides is 1. The van der Waals surface area contributed by atoms with E-state index in [4.69, 9.17) is 4.74 Å². The third-order valence-electron chi connectivity index (χ3n) is 3.91. The van der Waals surface area contributed by atoms with Gasteiger partial charge in [-0.25, -0.2) is 21.5 Å². The summed E-state index contributed by atoms with van der Waals surface area (Å²) in [6.45, 7) is 0.400. The van der Waals surface area contributed by atoms with Gasteiger partial charge in [0.25, 0.3) is 0 Å². The lowest BCUT2D eigenvalue weighted by Crippen LogP contribution is -2.44. The Kier molecular flexibility index (Phi) is 5.89. The number of rotatable bonds is 6. The van der Waals surface area contributed by atoms with Gasteiger partial charge in [0.05, 0.1) is 31.4 Å². The van der Waals surface area contributed by atoms with Gasteiger partial charge in [0.2, 0.25) is 15.9 Å². The fourth-order valence-electron chi connectivity index (χ4n) is 2.46. The third-order valence-corrected chi connectivity index (χ3v) is 5.87. The van der Waals surface area contributed by atoms with Crippen molar-refractivity contribution < 1.29 is 26.7 Å². The topological polar surface area (TPSA) is 75.7 Å². The second kappa shape index (κ2) is 7.54. The molecule has 0 aromatic heterocycles. The van der Waals surface area contributed by atoms with E-state index in [0.29, 0.717) is 0 Å². The predicted molar refractivity (Wildman–Crippen MR) is 83.8 cm³/mol. The van der Waals surface area contributed by atoms with E-state index in [1.54, 1.807) is 0 Å². The Labute approximate surface area is 139 Å². The Morgan fingerprint density at radius 2 is 2.04 bits per heavy atom. The van der Waals surface area contributed by atoms with E-state index >= 15 is 0 Å². The molecular formula is C15H20F2N2O4S. The maximum Gasteiger partial charge on any atom is 0.224 e. The van der Waals surface area contributed by atoms with Crippen molar-refractivity contribution in [2.24, 2.45) is 5.92 Å². The Morgan fingerprint density at radius 1 is 1.33 bits per heavy atom. The van der Waals surface area contributed by atoms with Crippen LogP contribution >= 0.6 is 0 Å². The van der Waals surface area contributed by atoms with Gasteiger partial charge in [0.15, 0.2) is 11.6 Å². The lowest BCUT2D eigenvalue weighted by atomic mass is 10.1. The normalized spacial score (nSPS) is 21.2. The summed E-state index contributed by atoms with van der Waals surface area (Å²) in [4.78, 5) is 12.1. The fourth-order valence-corrected chi connectivity index (χ4v) is 3.63. The highest BCUT2D eigenvalue weighted by Crippen LogP contribution is 2.18. The zero-order valence-electron chi connectivity index (χ0n) is 13.5. The van der Waals surface area contributed by atoms with Crippen LogP contribution in [0.3, 0.4) is 0 Å². The fraction of sp³-hybridized carbons (Fsp3) is 0.533. The van der Waals surface area contributed by atoms with Crippen molar-refractivity contribution in [1.29, 1.82) is 0 Å². The number of ether oxygens (including phenoxy) is 1. The van der Waals surface area contributed by atoms with E-state index in [0.717, 1.165) is 10.4 Å². The van der Waals surface area contributed by atoms with Gasteiger partial charge < -0.3 is 10.1 Å². The second-order valence-corrected chi connectivity index (χ2v) is 8.15. The molecule has 1 aromatic carbocycles. The summed E-state index contributed by atoms with van der Waals surface area (Å²) in [6.07, 6.45) is -0.326. The number of hydrogen-bond donors (Lipinski definition) is 1. The number of nitrogens with zero attached hydrogens (tertiary/aromatic N) is 1. The molecular weight excluding hydrogens is 342 g/mol. The summed E-state index contributed by atoms with van der Waals surface area (Å²) in [5, 5.41) is 2.65. The highest BCUT2D eigenvalue weighted by Gasteiger charge is 2.34. The quantitative estimate of drug-likeness (QED) is 0.801. The number of halogens is 2. The maximum atomic E-state index is 13.6. The van der Waals surface area contributed by atoms with Crippen LogP contribution in [-0.2, 0) is 26.0 Å². The van der Waals surface area contributed by atoms with Crippen LogP contribution in [0.2, 0.25) is 0 Å². The zero-order chi connectivity index (χ0) is 17.9. The molecule has 0 unspecified atom stereocenters. The minimum atomic E-state index is -3.43. The summed E-state index contributed by atoms with van der Waals surface area (Å²) in [5.74, 6) is -3.12. The van der Waals surface area contributed by atoms with Crippen LogP contribution in [0.25, 0.3) is 0 Å². The third kappa shape index (κ3) is 4.49. The standard InChI is InChI=1S/C15H20F2N2O4S/c1-19(2)24(21,22)9-11-7-23-8-13(11)18-14(20)6-10-4-3-5-12(16)15(10)17/h3-5,11,13H,6-9H2,1-2H3,(H,18,20)/t11-,13-/m0/s1. The number of nitrogens with one attached hydrogen (secondary N) is 1. The molecule has 1 aromatic rings. The maximum absolute atomic E-state index is 13.6. The first kappa shape index (κ1) is 18.8. The molecule has 134 valence electrons. The lowest BCUT2D eigenvalue weighted by molar-refractivity contribution is -0.121. The molecule has 2 atom stereocenters. The Balaban J connectivity index is 1.99. The van der Waals surface area contributed by atoms with Crippen molar-refractivity contribution in [2.45, 2.75) is 12.5 Å². The van der Waals surface area contributed by atoms with Crippen LogP contribution in [-0.4, -0.2) is 57.7 Å². The minimum absolute atomic E-state index is 0.0520. The van der Waals surface area contributed by atoms with Crippen molar-refractivity contribution in [3.8, 4) is 0 Å². The van der Waals surface area contributed by atoms with Gasteiger partial charge in [-0.2, -0.15) is 0 Å². The van der Waals surface area contributed by atoms with E-state index < -0.39 is 39.5 Å². The minimum Gasteiger partial charge on any atom is -0.379 e. The molecule has 1 aliphatic heterocycles. The van der Waals surface area contributed by atoms with Gasteiger partial charge in [-0.15, -0.1) is 0 Å². The number of carbonyl (C=O) groups excluding carboxylic acids is 1. The lowest BCUT2D eigenvalue weighted by Gasteiger charge is -2.21. The molecule has 2 rings (SSSR count). The summed E-state index contributed by atoms with van der Waals surface area (Å²) < 4.78 is 57.0. The molecule has 1 heterocycles. The largest absolute Gasteiger partial charge is 0.379 e. The first-order chi connectivity index (χ1) is 11.2. The Hall–Kier alpha value is -1.58. The van der Waals surface area contributed by atoms with Crippen molar-refractivity contribution >= 4 is 15.9 Å². The molecule has 0 radical (unpaired) electrons. The second-order valence-electron chi connectivity index (χ2n) is 5.92. The summed E-state index contributed by atoms with van der Waals surface area (Å²) in [6, 6.07) is 3.15. The molecule has 1 aliphatic rings. The first-order valence-corrected chi connectivity index (χ1v) is 9.02. The van der Waals surface area contributed by atoms with Gasteiger partial charge in [0, 0.05) is 25.6 Å². The molecule has 0 spiro atoms. The van der Waals surface area contributed by atoms with Crippen molar-refractivity contribution in [1.82, 2.24) is 9.62 Å². The molecule has 1 amide bonds. The molecule has 9 heteroatoms. The highest BCUT2D eigenvalue weighted by molar-refractivity contribution is 7.89. The van der Waals surface area contributed by atoms with Gasteiger partial charge in [-0.05, 0) is 6.07 Å². The van der Waals surface area contributed by atoms with Crippen LogP contribution in [0.15, 0.2) is 18.2 Å². The number of sulfonamides is 1. The molecule has 1 fully saturated rings. The van der Waals surface area contributed by atoms with E-state index in [-0.39, 0.29) is 31.0 Å². The average molecular weight is 362 g/mol. The SMILES string of the molecule is CN(C)S(=O)(=O)C[C@@H]1COC[C@@H]1NC(=O)Cc1cccc(F)c1F. The molecule has 0 saturated carbocycles. The van der Waals surface area contributed by atoms with Crippen LogP contribution in [0.5, 0.6) is 0 Å². The summed E-state index contributed by atoms with van der Waals surface area (Å²) in [5.41, 5.74) is -0.0520. The van der Waals surface area contributed by atoms with Crippen LogP contribution in [0, 0.1) is 17.6 Å². The van der Waals surface area contributed by atoms with Gasteiger partial charge in [0.1, 0.15) is 0 Å². The van der Waals surface area contributed by atoms with E-state index in [2.05, 4.69) is 5.32 Å². The molecule has 6 nitrogen and oxygen atoms in total. The first-order valence-electron chi connectivity index (χ1n) is 7.41. The smallest absolute Gasteiger partial charge is 0.224 e. The molecule has 1 N–H and O–H groups in total. The van der Waals surface area contributed by atoms with Crippen LogP contribution in [0.1, 0.15) is 5.56 Å². The van der Waals surface area contributed by atoms with Gasteiger partial charge in [-0.1, -0.05) is 12.1 Å². The van der Waals surface area contributed by atoms with E-state index in [9.17, 15) is 22.0 Å².